The zero-order valence-corrected chi connectivity index (χ0v) is 50.8. The molecule has 0 spiro atoms. The van der Waals surface area contributed by atoms with Crippen LogP contribution in [-0.4, -0.2) is 4.98 Å². The predicted molar refractivity (Wildman–Crippen MR) is 344 cm³/mol. The number of benzene rings is 9. The minimum absolute atomic E-state index is 0. The molecule has 5 nitrogen and oxygen atoms in total. The van der Waals surface area contributed by atoms with Gasteiger partial charge in [-0.15, -0.1) is 48.3 Å². The van der Waals surface area contributed by atoms with E-state index < -0.39 is 18.9 Å². The molecule has 420 valence electrons. The van der Waals surface area contributed by atoms with Gasteiger partial charge in [0.05, 0.1) is 11.0 Å². The van der Waals surface area contributed by atoms with Crippen LogP contribution in [0.5, 0.6) is 11.5 Å². The number of hydrogen-bond donors (Lipinski definition) is 1. The molecule has 1 aliphatic heterocycles. The van der Waals surface area contributed by atoms with Crippen molar-refractivity contribution in [2.75, 3.05) is 15.1 Å². The van der Waals surface area contributed by atoms with Gasteiger partial charge in [0, 0.05) is 82.3 Å². The van der Waals surface area contributed by atoms with Gasteiger partial charge in [-0.05, 0) is 121 Å². The van der Waals surface area contributed by atoms with E-state index in [1.165, 1.54) is 11.6 Å². The van der Waals surface area contributed by atoms with Crippen LogP contribution in [0.15, 0.2) is 206 Å². The Balaban J connectivity index is 0.00000901. The summed E-state index contributed by atoms with van der Waals surface area (Å²) in [6, 6.07) is 51.9. The Kier molecular flexibility index (Phi) is 12.0. The fourth-order valence-electron chi connectivity index (χ4n) is 11.4. The second kappa shape index (κ2) is 22.3. The van der Waals surface area contributed by atoms with Gasteiger partial charge in [-0.25, -0.2) is 4.98 Å². The Morgan fingerprint density at radius 1 is 0.578 bits per heavy atom. The molecule has 0 bridgehead atoms. The van der Waals surface area contributed by atoms with E-state index in [0.29, 0.717) is 39.4 Å². The van der Waals surface area contributed by atoms with Gasteiger partial charge >= 0.3 is 0 Å². The molecule has 0 amide bonds. The van der Waals surface area contributed by atoms with E-state index in [9.17, 15) is 6.85 Å². The maximum absolute atomic E-state index is 9.70. The van der Waals surface area contributed by atoms with E-state index in [2.05, 4.69) is 122 Å². The van der Waals surface area contributed by atoms with Gasteiger partial charge in [0.25, 0.3) is 0 Å². The topological polar surface area (TPSA) is 40.6 Å². The molecular formula is C77H73N4OPt-3. The summed E-state index contributed by atoms with van der Waals surface area (Å²) in [5.74, 6) is 0.715. The molecule has 0 radical (unpaired) electrons. The van der Waals surface area contributed by atoms with Gasteiger partial charge < -0.3 is 19.9 Å². The molecule has 1 N–H and O–H groups in total. The number of ether oxygens (including phenoxy) is 1. The van der Waals surface area contributed by atoms with Gasteiger partial charge in [-0.3, -0.25) is 0 Å². The third kappa shape index (κ3) is 11.3. The molecule has 2 aliphatic rings. The number of hydrogen-bond acceptors (Lipinski definition) is 5. The fourth-order valence-corrected chi connectivity index (χ4v) is 11.4. The molecule has 12 rings (SSSR count). The molecule has 0 unspecified atom stereocenters. The standard InChI is InChI=1S/C77H73N4O.Pt/c1-51-44-71(78-49-66(51)65-29-21-30-67-72(65)77(10,11)43-42-76(67,8)9)79-68-31-16-15-26-62(68)54-38-40-60(41-39-54)82-61-25-19-24-59(48-61)80-50-81(70-33-18-17-32-69(70)80)73-63(55-36-34-53(35-37-55)52-22-13-12-14-23-52)27-20-28-64(73)56-45-57(74(2,3)4)47-58(46-56)75(5,6)7;/h12-40,44-47,49-50H,42-43H2,1-11H3,(H,78,79);/q-3;/i1D3,15D,16D,26D,31D,34D,35D,36D,37D;. The smallest absolute Gasteiger partial charge is 0.130 e. The number of nitrogens with one attached hydrogen (secondary N) is 1. The number of fused-ring (bicyclic) bond motifs is 2. The zero-order valence-electron chi connectivity index (χ0n) is 59.6. The van der Waals surface area contributed by atoms with Crippen LogP contribution < -0.4 is 19.9 Å². The third-order valence-corrected chi connectivity index (χ3v) is 16.1. The largest absolute Gasteiger partial charge is 0.509 e. The van der Waals surface area contributed by atoms with E-state index in [1.54, 1.807) is 42.6 Å². The first-order chi connectivity index (χ1) is 43.8. The summed E-state index contributed by atoms with van der Waals surface area (Å²) in [6.45, 7) is 21.4. The number of nitrogens with zero attached hydrogens (tertiary/aromatic N) is 3. The van der Waals surface area contributed by atoms with Crippen molar-refractivity contribution >= 4 is 34.3 Å². The van der Waals surface area contributed by atoms with E-state index in [4.69, 9.17) is 17.9 Å². The van der Waals surface area contributed by atoms with Crippen LogP contribution in [0.3, 0.4) is 0 Å². The minimum atomic E-state index is -2.57. The molecule has 0 fully saturated rings. The van der Waals surface area contributed by atoms with E-state index >= 15 is 0 Å². The minimum Gasteiger partial charge on any atom is -0.509 e. The molecule has 9 aromatic carbocycles. The van der Waals surface area contributed by atoms with Gasteiger partial charge in [0.2, 0.25) is 0 Å². The molecule has 83 heavy (non-hydrogen) atoms. The maximum atomic E-state index is 9.70. The summed E-state index contributed by atoms with van der Waals surface area (Å²) in [5.41, 5.74) is 11.6. The van der Waals surface area contributed by atoms with E-state index in [1.807, 2.05) is 90.4 Å². The summed E-state index contributed by atoms with van der Waals surface area (Å²) >= 11 is 0. The summed E-state index contributed by atoms with van der Waals surface area (Å²) < 4.78 is 107. The van der Waals surface area contributed by atoms with Crippen molar-refractivity contribution in [2.45, 2.75) is 111 Å². The Morgan fingerprint density at radius 2 is 1.22 bits per heavy atom. The van der Waals surface area contributed by atoms with Gasteiger partial charge in [0.15, 0.2) is 0 Å². The SMILES string of the molecule is [2H]c1c([2H])c([2H])c(-c2c[c-]c(Oc3[c-]c(N4[CH-]N(c5c(-c6cc(C(C)(C)C)cc(C(C)(C)C)c6)cccc5-c5c([2H])c([2H])c(-c6ccccc6)c([2H])c5[2H])c5ccccc54)ccc3)cc2)c(Nc2cc(C([2H])([2H])[2H])c(-c3cccc4c3C(C)(C)CCC4(C)C)cn2)c1[2H].[Pt]. The quantitative estimate of drug-likeness (QED) is 0.131. The zero-order chi connectivity index (χ0) is 66.6. The van der Waals surface area contributed by atoms with Crippen molar-refractivity contribution in [2.24, 2.45) is 0 Å². The first-order valence-corrected chi connectivity index (χ1v) is 28.1. The van der Waals surface area contributed by atoms with Crippen molar-refractivity contribution in [3.05, 3.63) is 253 Å². The van der Waals surface area contributed by atoms with Crippen LogP contribution in [0.4, 0.5) is 34.3 Å². The number of pyridine rings is 1. The summed E-state index contributed by atoms with van der Waals surface area (Å²) in [5, 5.41) is 3.13. The van der Waals surface area contributed by atoms with Crippen LogP contribution in [0.25, 0.3) is 55.6 Å². The maximum Gasteiger partial charge on any atom is 0.130 e. The summed E-state index contributed by atoms with van der Waals surface area (Å²) in [7, 11) is 0. The van der Waals surface area contributed by atoms with Crippen molar-refractivity contribution in [1.82, 2.24) is 4.98 Å². The molecule has 1 aromatic heterocycles. The van der Waals surface area contributed by atoms with Crippen molar-refractivity contribution in [1.29, 1.82) is 0 Å². The summed E-state index contributed by atoms with van der Waals surface area (Å²) in [6.07, 6.45) is 3.46. The van der Waals surface area contributed by atoms with Crippen LogP contribution in [0.1, 0.15) is 125 Å². The van der Waals surface area contributed by atoms with Gasteiger partial charge in [-0.1, -0.05) is 214 Å². The molecule has 6 heteroatoms. The molecular weight excluding hydrogens is 1190 g/mol. The van der Waals surface area contributed by atoms with Crippen LogP contribution in [-0.2, 0) is 42.7 Å². The normalized spacial score (nSPS) is 16.4. The van der Waals surface area contributed by atoms with E-state index in [0.717, 1.165) is 57.6 Å². The Labute approximate surface area is 523 Å². The van der Waals surface area contributed by atoms with Crippen molar-refractivity contribution in [3.8, 4) is 67.1 Å². The molecule has 0 atom stereocenters. The molecule has 1 aliphatic carbocycles. The van der Waals surface area contributed by atoms with Crippen molar-refractivity contribution < 1.29 is 40.9 Å². The molecule has 10 aromatic rings. The average Bonchev–Trinajstić information content (AvgIpc) is 1.13. The van der Waals surface area contributed by atoms with Crippen LogP contribution >= 0.6 is 0 Å². The Hall–Kier alpha value is -7.98. The molecule has 2 heterocycles. The second-order valence-electron chi connectivity index (χ2n) is 24.9. The first kappa shape index (κ1) is 44.6. The van der Waals surface area contributed by atoms with Gasteiger partial charge in [0.1, 0.15) is 5.82 Å². The molecule has 0 saturated heterocycles. The second-order valence-corrected chi connectivity index (χ2v) is 24.9. The number of anilines is 6. The first-order valence-electron chi connectivity index (χ1n) is 33.6. The van der Waals surface area contributed by atoms with Gasteiger partial charge in [-0.2, -0.15) is 18.2 Å². The fraction of sp³-hybridized carbons (Fsp3) is 0.221. The molecule has 0 saturated carbocycles. The number of aryl methyl sites for hydroxylation is 1. The number of rotatable bonds is 11. The summed E-state index contributed by atoms with van der Waals surface area (Å²) in [4.78, 5) is 8.79. The van der Waals surface area contributed by atoms with Crippen LogP contribution in [0.2, 0.25) is 0 Å². The Morgan fingerprint density at radius 3 is 1.92 bits per heavy atom. The van der Waals surface area contributed by atoms with Crippen LogP contribution in [0, 0.1) is 25.7 Å². The van der Waals surface area contributed by atoms with E-state index in [-0.39, 0.29) is 118 Å². The number of para-hydroxylation sites is 4. The Bertz CT molecular complexity index is 4550. The van der Waals surface area contributed by atoms with Crippen molar-refractivity contribution in [3.63, 3.8) is 0 Å². The third-order valence-electron chi connectivity index (χ3n) is 16.1. The average molecular weight is 1280 g/mol. The predicted octanol–water partition coefficient (Wildman–Crippen LogP) is 21.2. The number of aromatic nitrogens is 1. The monoisotopic (exact) mass is 1280 g/mol.